The summed E-state index contributed by atoms with van der Waals surface area (Å²) in [5.41, 5.74) is 1.34. The highest BCUT2D eigenvalue weighted by atomic mass is 35.5. The number of halogens is 2. The van der Waals surface area contributed by atoms with E-state index in [1.807, 2.05) is 30.3 Å². The topological polar surface area (TPSA) is 40.6 Å². The second kappa shape index (κ2) is 6.07. The fourth-order valence-corrected chi connectivity index (χ4v) is 2.81. The Kier molecular flexibility index (Phi) is 4.11. The van der Waals surface area contributed by atoms with Crippen molar-refractivity contribution >= 4 is 46.4 Å². The van der Waals surface area contributed by atoms with E-state index >= 15 is 0 Å². The zero-order valence-corrected chi connectivity index (χ0v) is 13.7. The van der Waals surface area contributed by atoms with Crippen molar-refractivity contribution in [3.8, 4) is 0 Å². The zero-order chi connectivity index (χ0) is 16.6. The molecule has 116 valence electrons. The van der Waals surface area contributed by atoms with Gasteiger partial charge in [0.15, 0.2) is 0 Å². The van der Waals surface area contributed by atoms with E-state index in [-0.39, 0.29) is 10.7 Å². The lowest BCUT2D eigenvalue weighted by Gasteiger charge is -2.21. The first-order valence-electron chi connectivity index (χ1n) is 6.83. The zero-order valence-electron chi connectivity index (χ0n) is 12.2. The number of amides is 2. The molecule has 0 saturated carbocycles. The van der Waals surface area contributed by atoms with Gasteiger partial charge in [0.25, 0.3) is 11.8 Å². The minimum atomic E-state index is -0.545. The molecule has 2 aromatic carbocycles. The van der Waals surface area contributed by atoms with Crippen molar-refractivity contribution in [2.24, 2.45) is 0 Å². The predicted octanol–water partition coefficient (Wildman–Crippen LogP) is 3.80. The number of hydrogen-bond acceptors (Lipinski definition) is 3. The van der Waals surface area contributed by atoms with Crippen LogP contribution in [0.4, 0.5) is 11.4 Å². The molecule has 0 saturated heterocycles. The number of anilines is 2. The maximum absolute atomic E-state index is 12.7. The van der Waals surface area contributed by atoms with Crippen LogP contribution in [-0.4, -0.2) is 18.9 Å². The van der Waals surface area contributed by atoms with Crippen LogP contribution in [0.5, 0.6) is 0 Å². The van der Waals surface area contributed by atoms with Crippen molar-refractivity contribution in [1.29, 1.82) is 0 Å². The van der Waals surface area contributed by atoms with Gasteiger partial charge in [-0.15, -0.1) is 0 Å². The third kappa shape index (κ3) is 2.71. The van der Waals surface area contributed by atoms with Crippen molar-refractivity contribution in [3.63, 3.8) is 0 Å². The van der Waals surface area contributed by atoms with Crippen molar-refractivity contribution in [1.82, 2.24) is 0 Å². The Hall–Kier alpha value is -2.30. The molecule has 1 aliphatic heterocycles. The lowest BCUT2D eigenvalue weighted by atomic mass is 10.2. The number of imide groups is 1. The number of rotatable bonds is 3. The van der Waals surface area contributed by atoms with E-state index in [1.165, 1.54) is 0 Å². The van der Waals surface area contributed by atoms with Crippen LogP contribution in [0.15, 0.2) is 65.3 Å². The van der Waals surface area contributed by atoms with Gasteiger partial charge in [0, 0.05) is 17.8 Å². The molecule has 0 atom stereocenters. The highest BCUT2D eigenvalue weighted by Crippen LogP contribution is 2.33. The van der Waals surface area contributed by atoms with Crippen molar-refractivity contribution < 1.29 is 9.59 Å². The second-order valence-corrected chi connectivity index (χ2v) is 5.79. The molecule has 1 heterocycles. The largest absolute Gasteiger partial charge is 0.339 e. The molecule has 0 unspecified atom stereocenters. The molecule has 2 aromatic rings. The van der Waals surface area contributed by atoms with E-state index in [0.29, 0.717) is 10.7 Å². The summed E-state index contributed by atoms with van der Waals surface area (Å²) in [4.78, 5) is 27.8. The summed E-state index contributed by atoms with van der Waals surface area (Å²) >= 11 is 12.0. The first-order chi connectivity index (χ1) is 11.0. The summed E-state index contributed by atoms with van der Waals surface area (Å²) in [5, 5.41) is 0.421. The first kappa shape index (κ1) is 15.6. The molecule has 0 aliphatic carbocycles. The van der Waals surface area contributed by atoms with Crippen LogP contribution >= 0.6 is 23.2 Å². The summed E-state index contributed by atoms with van der Waals surface area (Å²) < 4.78 is 0. The van der Waals surface area contributed by atoms with Crippen LogP contribution < -0.4 is 9.80 Å². The number of carbonyl (C=O) groups is 2. The van der Waals surface area contributed by atoms with Crippen LogP contribution in [0.2, 0.25) is 5.02 Å². The summed E-state index contributed by atoms with van der Waals surface area (Å²) in [6, 6.07) is 15.7. The van der Waals surface area contributed by atoms with Crippen LogP contribution in [0.3, 0.4) is 0 Å². The van der Waals surface area contributed by atoms with Crippen LogP contribution in [0.1, 0.15) is 0 Å². The smallest absolute Gasteiger partial charge is 0.283 e. The van der Waals surface area contributed by atoms with Crippen molar-refractivity contribution in [2.75, 3.05) is 16.8 Å². The summed E-state index contributed by atoms with van der Waals surface area (Å²) in [6.07, 6.45) is 0. The second-order valence-electron chi connectivity index (χ2n) is 4.98. The van der Waals surface area contributed by atoms with E-state index in [1.54, 1.807) is 36.2 Å². The minimum absolute atomic E-state index is 0.101. The maximum Gasteiger partial charge on any atom is 0.283 e. The molecule has 3 rings (SSSR count). The van der Waals surface area contributed by atoms with E-state index in [9.17, 15) is 9.59 Å². The van der Waals surface area contributed by atoms with Gasteiger partial charge in [0.1, 0.15) is 10.7 Å². The molecular weight excluding hydrogens is 335 g/mol. The molecule has 4 nitrogen and oxygen atoms in total. The number of nitrogens with zero attached hydrogens (tertiary/aromatic N) is 2. The third-order valence-corrected chi connectivity index (χ3v) is 4.16. The van der Waals surface area contributed by atoms with Gasteiger partial charge in [-0.25, -0.2) is 4.90 Å². The minimum Gasteiger partial charge on any atom is -0.339 e. The number of para-hydroxylation sites is 1. The van der Waals surface area contributed by atoms with Gasteiger partial charge < -0.3 is 4.90 Å². The standard InChI is InChI=1S/C17H12Cl2N2O2/c1-20(12-5-3-2-4-6-12)15-14(19)16(22)21(17(15)23)13-9-7-11(18)8-10-13/h2-10H,1H3. The van der Waals surface area contributed by atoms with Gasteiger partial charge in [-0.1, -0.05) is 41.4 Å². The number of hydrogen-bond donors (Lipinski definition) is 0. The van der Waals surface area contributed by atoms with E-state index in [2.05, 4.69) is 0 Å². The molecule has 2 amide bonds. The van der Waals surface area contributed by atoms with E-state index in [4.69, 9.17) is 23.2 Å². The van der Waals surface area contributed by atoms with Gasteiger partial charge in [0.2, 0.25) is 0 Å². The van der Waals surface area contributed by atoms with Crippen LogP contribution in [0.25, 0.3) is 0 Å². The lowest BCUT2D eigenvalue weighted by Crippen LogP contribution is -2.34. The average molecular weight is 347 g/mol. The van der Waals surface area contributed by atoms with Gasteiger partial charge in [-0.3, -0.25) is 9.59 Å². The van der Waals surface area contributed by atoms with E-state index < -0.39 is 11.8 Å². The van der Waals surface area contributed by atoms with Crippen molar-refractivity contribution in [2.45, 2.75) is 0 Å². The number of likely N-dealkylation sites (N-methyl/N-ethyl adjacent to an activating group) is 1. The van der Waals surface area contributed by atoms with Crippen molar-refractivity contribution in [3.05, 3.63) is 70.3 Å². The Labute approximate surface area is 143 Å². The third-order valence-electron chi connectivity index (χ3n) is 3.57. The normalized spacial score (nSPS) is 14.7. The molecule has 0 aromatic heterocycles. The molecule has 1 aliphatic rings. The molecule has 0 fully saturated rings. The summed E-state index contributed by atoms with van der Waals surface area (Å²) in [7, 11) is 1.70. The SMILES string of the molecule is CN(C1=C(Cl)C(=O)N(c2ccc(Cl)cc2)C1=O)c1ccccc1. The van der Waals surface area contributed by atoms with E-state index in [0.717, 1.165) is 10.6 Å². The van der Waals surface area contributed by atoms with Gasteiger partial charge >= 0.3 is 0 Å². The van der Waals surface area contributed by atoms with Gasteiger partial charge in [-0.05, 0) is 36.4 Å². The highest BCUT2D eigenvalue weighted by Gasteiger charge is 2.40. The molecule has 0 radical (unpaired) electrons. The Balaban J connectivity index is 1.98. The average Bonchev–Trinajstić information content (AvgIpc) is 2.78. The van der Waals surface area contributed by atoms with Crippen LogP contribution in [-0.2, 0) is 9.59 Å². The Morgan fingerprint density at radius 3 is 2.09 bits per heavy atom. The number of benzene rings is 2. The highest BCUT2D eigenvalue weighted by molar-refractivity contribution is 6.53. The molecule has 0 bridgehead atoms. The first-order valence-corrected chi connectivity index (χ1v) is 7.59. The Morgan fingerprint density at radius 1 is 0.870 bits per heavy atom. The molecular formula is C17H12Cl2N2O2. The van der Waals surface area contributed by atoms with Gasteiger partial charge in [-0.2, -0.15) is 0 Å². The quantitative estimate of drug-likeness (QED) is 0.793. The number of carbonyl (C=O) groups excluding carboxylic acids is 2. The summed E-state index contributed by atoms with van der Waals surface area (Å²) in [5.74, 6) is -1.01. The molecule has 0 spiro atoms. The Bertz CT molecular complexity index is 801. The molecule has 6 heteroatoms. The predicted molar refractivity (Wildman–Crippen MR) is 91.7 cm³/mol. The fourth-order valence-electron chi connectivity index (χ4n) is 2.39. The van der Waals surface area contributed by atoms with Gasteiger partial charge in [0.05, 0.1) is 5.69 Å². The van der Waals surface area contributed by atoms with Crippen LogP contribution in [0, 0.1) is 0 Å². The fraction of sp³-hybridized carbons (Fsp3) is 0.0588. The lowest BCUT2D eigenvalue weighted by molar-refractivity contribution is -0.120. The molecule has 23 heavy (non-hydrogen) atoms. The summed E-state index contributed by atoms with van der Waals surface area (Å²) in [6.45, 7) is 0. The monoisotopic (exact) mass is 346 g/mol. The molecule has 0 N–H and O–H groups in total. The Morgan fingerprint density at radius 2 is 1.48 bits per heavy atom. The maximum atomic E-state index is 12.7.